The lowest BCUT2D eigenvalue weighted by Gasteiger charge is -2.14. The highest BCUT2D eigenvalue weighted by Crippen LogP contribution is 2.29. The molecule has 0 saturated carbocycles. The van der Waals surface area contributed by atoms with Gasteiger partial charge in [0, 0.05) is 17.7 Å². The largest absolute Gasteiger partial charge is 0.325 e. The molecule has 2 aromatic heterocycles. The van der Waals surface area contributed by atoms with Crippen LogP contribution in [-0.4, -0.2) is 26.0 Å². The minimum atomic E-state index is -0.0461. The lowest BCUT2D eigenvalue weighted by molar-refractivity contribution is 0.560. The molecule has 3 rings (SSSR count). The Morgan fingerprint density at radius 3 is 2.54 bits per heavy atom. The van der Waals surface area contributed by atoms with Crippen LogP contribution in [0.2, 0.25) is 0 Å². The summed E-state index contributed by atoms with van der Waals surface area (Å²) in [6.07, 6.45) is 3.74. The highest BCUT2D eigenvalue weighted by molar-refractivity contribution is 7.98. The van der Waals surface area contributed by atoms with E-state index in [-0.39, 0.29) is 5.41 Å². The molecular formula is C20H25N5S. The van der Waals surface area contributed by atoms with E-state index in [0.717, 1.165) is 28.2 Å². The Morgan fingerprint density at radius 2 is 1.85 bits per heavy atom. The molecule has 0 fully saturated rings. The van der Waals surface area contributed by atoms with Gasteiger partial charge in [-0.1, -0.05) is 44.7 Å². The predicted molar refractivity (Wildman–Crippen MR) is 109 cm³/mol. The molecule has 0 atom stereocenters. The van der Waals surface area contributed by atoms with Crippen molar-refractivity contribution in [3.63, 3.8) is 0 Å². The Balaban J connectivity index is 2.11. The maximum absolute atomic E-state index is 4.90. The van der Waals surface area contributed by atoms with Crippen LogP contribution in [0.1, 0.15) is 37.6 Å². The molecule has 26 heavy (non-hydrogen) atoms. The Hall–Kier alpha value is -2.34. The van der Waals surface area contributed by atoms with E-state index in [0.29, 0.717) is 0 Å². The summed E-state index contributed by atoms with van der Waals surface area (Å²) in [5.41, 5.74) is 4.43. The fraction of sp³-hybridized carbons (Fsp3) is 0.350. The molecule has 0 amide bonds. The van der Waals surface area contributed by atoms with Crippen molar-refractivity contribution in [2.45, 2.75) is 45.2 Å². The standard InChI is InChI=1S/C20H25N5S/c1-13-7-8-14(2)15(11-13)25-18(12-16(24-25)20(3,4)5)22-17-9-10-21-19(23-17)26-6/h7-12H,1-6H3,(H,21,22,23). The topological polar surface area (TPSA) is 55.6 Å². The van der Waals surface area contributed by atoms with E-state index in [9.17, 15) is 0 Å². The maximum atomic E-state index is 4.90. The number of rotatable bonds is 4. The minimum Gasteiger partial charge on any atom is -0.325 e. The number of nitrogens with zero attached hydrogens (tertiary/aromatic N) is 4. The van der Waals surface area contributed by atoms with E-state index in [1.807, 2.05) is 17.0 Å². The fourth-order valence-corrected chi connectivity index (χ4v) is 2.96. The Bertz CT molecular complexity index is 924. The van der Waals surface area contributed by atoms with Gasteiger partial charge in [0.05, 0.1) is 11.4 Å². The SMILES string of the molecule is CSc1nccc(Nc2cc(C(C)(C)C)nn2-c2cc(C)ccc2C)n1. The van der Waals surface area contributed by atoms with E-state index in [2.05, 4.69) is 74.2 Å². The van der Waals surface area contributed by atoms with Crippen LogP contribution in [0.25, 0.3) is 5.69 Å². The second kappa shape index (κ2) is 7.11. The smallest absolute Gasteiger partial charge is 0.189 e. The molecule has 1 N–H and O–H groups in total. The maximum Gasteiger partial charge on any atom is 0.189 e. The van der Waals surface area contributed by atoms with Crippen molar-refractivity contribution in [2.24, 2.45) is 0 Å². The van der Waals surface area contributed by atoms with Crippen LogP contribution in [-0.2, 0) is 5.41 Å². The second-order valence-electron chi connectivity index (χ2n) is 7.42. The average molecular weight is 368 g/mol. The van der Waals surface area contributed by atoms with Gasteiger partial charge in [0.25, 0.3) is 0 Å². The first kappa shape index (κ1) is 18.5. The van der Waals surface area contributed by atoms with Crippen LogP contribution in [0.5, 0.6) is 0 Å². The fourth-order valence-electron chi connectivity index (χ4n) is 2.61. The highest BCUT2D eigenvalue weighted by atomic mass is 32.2. The number of anilines is 2. The molecule has 0 saturated heterocycles. The van der Waals surface area contributed by atoms with Crippen molar-refractivity contribution < 1.29 is 0 Å². The van der Waals surface area contributed by atoms with E-state index >= 15 is 0 Å². The number of aryl methyl sites for hydroxylation is 2. The number of hydrogen-bond donors (Lipinski definition) is 1. The van der Waals surface area contributed by atoms with E-state index < -0.39 is 0 Å². The summed E-state index contributed by atoms with van der Waals surface area (Å²) in [4.78, 5) is 8.77. The van der Waals surface area contributed by atoms with Crippen LogP contribution in [0.3, 0.4) is 0 Å². The van der Waals surface area contributed by atoms with E-state index in [1.165, 1.54) is 22.9 Å². The number of aromatic nitrogens is 4. The number of benzene rings is 1. The zero-order chi connectivity index (χ0) is 18.9. The summed E-state index contributed by atoms with van der Waals surface area (Å²) in [6, 6.07) is 10.4. The second-order valence-corrected chi connectivity index (χ2v) is 8.19. The van der Waals surface area contributed by atoms with Gasteiger partial charge in [-0.05, 0) is 43.4 Å². The lowest BCUT2D eigenvalue weighted by atomic mass is 9.92. The first-order valence-electron chi connectivity index (χ1n) is 8.60. The Labute approximate surface area is 159 Å². The molecule has 1 aromatic carbocycles. The molecule has 136 valence electrons. The molecule has 6 heteroatoms. The molecule has 2 heterocycles. The molecule has 0 unspecified atom stereocenters. The van der Waals surface area contributed by atoms with Crippen molar-refractivity contribution in [1.82, 2.24) is 19.7 Å². The van der Waals surface area contributed by atoms with Gasteiger partial charge >= 0.3 is 0 Å². The summed E-state index contributed by atoms with van der Waals surface area (Å²) in [6.45, 7) is 10.7. The third kappa shape index (κ3) is 3.90. The lowest BCUT2D eigenvalue weighted by Crippen LogP contribution is -2.13. The zero-order valence-corrected chi connectivity index (χ0v) is 17.0. The van der Waals surface area contributed by atoms with Crippen LogP contribution in [0.4, 0.5) is 11.6 Å². The van der Waals surface area contributed by atoms with Crippen molar-refractivity contribution in [2.75, 3.05) is 11.6 Å². The van der Waals surface area contributed by atoms with Crippen molar-refractivity contribution in [1.29, 1.82) is 0 Å². The third-order valence-electron chi connectivity index (χ3n) is 4.14. The van der Waals surface area contributed by atoms with Gasteiger partial charge < -0.3 is 5.32 Å². The molecule has 0 radical (unpaired) electrons. The number of hydrogen-bond acceptors (Lipinski definition) is 5. The number of nitrogens with one attached hydrogen (secondary N) is 1. The van der Waals surface area contributed by atoms with Crippen LogP contribution in [0.15, 0.2) is 41.7 Å². The first-order valence-corrected chi connectivity index (χ1v) is 9.82. The quantitative estimate of drug-likeness (QED) is 0.517. The normalized spacial score (nSPS) is 11.6. The summed E-state index contributed by atoms with van der Waals surface area (Å²) >= 11 is 1.52. The van der Waals surface area contributed by atoms with Crippen molar-refractivity contribution >= 4 is 23.4 Å². The Kier molecular flexibility index (Phi) is 5.05. The molecule has 0 bridgehead atoms. The summed E-state index contributed by atoms with van der Waals surface area (Å²) in [5.74, 6) is 1.66. The monoisotopic (exact) mass is 367 g/mol. The van der Waals surface area contributed by atoms with Crippen LogP contribution in [0, 0.1) is 13.8 Å². The first-order chi connectivity index (χ1) is 12.3. The van der Waals surface area contributed by atoms with Crippen molar-refractivity contribution in [3.05, 3.63) is 53.3 Å². The molecule has 3 aromatic rings. The molecule has 0 aliphatic heterocycles. The van der Waals surface area contributed by atoms with Crippen LogP contribution >= 0.6 is 11.8 Å². The van der Waals surface area contributed by atoms with Gasteiger partial charge in [0.1, 0.15) is 11.6 Å². The molecule has 0 aliphatic carbocycles. The Morgan fingerprint density at radius 1 is 1.08 bits per heavy atom. The van der Waals surface area contributed by atoms with Crippen molar-refractivity contribution in [3.8, 4) is 5.69 Å². The minimum absolute atomic E-state index is 0.0461. The van der Waals surface area contributed by atoms with Gasteiger partial charge in [-0.15, -0.1) is 0 Å². The summed E-state index contributed by atoms with van der Waals surface area (Å²) in [5, 5.41) is 9.06. The molecule has 0 aliphatic rings. The van der Waals surface area contributed by atoms with Gasteiger partial charge in [-0.25, -0.2) is 14.6 Å². The summed E-state index contributed by atoms with van der Waals surface area (Å²) in [7, 11) is 0. The van der Waals surface area contributed by atoms with Gasteiger partial charge in [-0.3, -0.25) is 0 Å². The van der Waals surface area contributed by atoms with Gasteiger partial charge in [-0.2, -0.15) is 5.10 Å². The third-order valence-corrected chi connectivity index (χ3v) is 4.70. The molecule has 0 spiro atoms. The van der Waals surface area contributed by atoms with E-state index in [1.54, 1.807) is 6.20 Å². The highest BCUT2D eigenvalue weighted by Gasteiger charge is 2.21. The predicted octanol–water partition coefficient (Wildman–Crippen LogP) is 5.04. The summed E-state index contributed by atoms with van der Waals surface area (Å²) < 4.78 is 1.98. The molecule has 5 nitrogen and oxygen atoms in total. The van der Waals surface area contributed by atoms with E-state index in [4.69, 9.17) is 5.10 Å². The molecular weight excluding hydrogens is 342 g/mol. The average Bonchev–Trinajstić information content (AvgIpc) is 3.01. The van der Waals surface area contributed by atoms with Gasteiger partial charge in [0.2, 0.25) is 0 Å². The van der Waals surface area contributed by atoms with Crippen LogP contribution < -0.4 is 5.32 Å². The number of thioether (sulfide) groups is 1. The van der Waals surface area contributed by atoms with Gasteiger partial charge in [0.15, 0.2) is 5.16 Å². The zero-order valence-electron chi connectivity index (χ0n) is 16.2.